The van der Waals surface area contributed by atoms with Crippen molar-refractivity contribution in [2.75, 3.05) is 30.9 Å². The lowest BCUT2D eigenvalue weighted by molar-refractivity contribution is -0.497. The molecule has 0 aromatic carbocycles. The van der Waals surface area contributed by atoms with Gasteiger partial charge in [-0.2, -0.15) is 0 Å². The third-order valence-corrected chi connectivity index (χ3v) is 4.16. The summed E-state index contributed by atoms with van der Waals surface area (Å²) in [5.41, 5.74) is 4.38. The normalized spacial score (nSPS) is 18.8. The summed E-state index contributed by atoms with van der Waals surface area (Å²) >= 11 is 0. The van der Waals surface area contributed by atoms with E-state index in [1.807, 2.05) is 13.8 Å². The van der Waals surface area contributed by atoms with Crippen LogP contribution in [-0.2, 0) is 16.1 Å². The summed E-state index contributed by atoms with van der Waals surface area (Å²) in [7, 11) is 1.42. The van der Waals surface area contributed by atoms with Crippen molar-refractivity contribution in [3.8, 4) is 0 Å². The van der Waals surface area contributed by atoms with Gasteiger partial charge in [0.05, 0.1) is 6.61 Å². The first-order valence-electron chi connectivity index (χ1n) is 8.25. The second kappa shape index (κ2) is 7.68. The zero-order valence-corrected chi connectivity index (χ0v) is 14.9. The molecule has 3 N–H and O–H groups in total. The topological polar surface area (TPSA) is 154 Å². The van der Waals surface area contributed by atoms with Crippen LogP contribution in [0.2, 0.25) is 0 Å². The van der Waals surface area contributed by atoms with Crippen LogP contribution in [0.4, 0.5) is 11.5 Å². The van der Waals surface area contributed by atoms with Crippen LogP contribution in [-0.4, -0.2) is 46.7 Å². The third kappa shape index (κ3) is 3.93. The van der Waals surface area contributed by atoms with Gasteiger partial charge in [0.25, 0.3) is 5.56 Å². The molecule has 1 aliphatic carbocycles. The summed E-state index contributed by atoms with van der Waals surface area (Å²) < 4.78 is 6.15. The molecule has 1 heterocycles. The number of nitrogens with zero attached hydrogens (tertiary/aromatic N) is 3. The molecule has 0 spiro atoms. The van der Waals surface area contributed by atoms with Crippen LogP contribution < -0.4 is 21.9 Å². The van der Waals surface area contributed by atoms with Crippen LogP contribution in [0.1, 0.15) is 20.3 Å². The van der Waals surface area contributed by atoms with Gasteiger partial charge in [0.15, 0.2) is 5.69 Å². The monoisotopic (exact) mass is 369 g/mol. The fraction of sp³-hybridized carbons (Fsp3) is 0.667. The maximum Gasteiger partial charge on any atom is 0.330 e. The molecule has 2 rings (SSSR count). The van der Waals surface area contributed by atoms with Gasteiger partial charge in [0.1, 0.15) is 11.7 Å². The number of hydrogen-bond acceptors (Lipinski definition) is 7. The lowest BCUT2D eigenvalue weighted by Gasteiger charge is -2.24. The molecule has 0 aliphatic heterocycles. The van der Waals surface area contributed by atoms with E-state index in [1.165, 1.54) is 11.7 Å². The number of nitrogens with one attached hydrogen (secondary N) is 1. The smallest absolute Gasteiger partial charge is 0.330 e. The molecule has 1 aromatic heterocycles. The summed E-state index contributed by atoms with van der Waals surface area (Å²) in [4.78, 5) is 50.7. The SMILES string of the molecule is COCCN(C(=O)C1CC1[N+](=O)[O-])c1c(N)n(CC(C)C)c(=O)[nH]c1=O. The zero-order valence-electron chi connectivity index (χ0n) is 14.9. The molecule has 1 amide bonds. The fourth-order valence-corrected chi connectivity index (χ4v) is 2.78. The Bertz CT molecular complexity index is 814. The van der Waals surface area contributed by atoms with Crippen molar-refractivity contribution < 1.29 is 14.5 Å². The number of ether oxygens (including phenoxy) is 1. The number of rotatable bonds is 8. The first-order valence-corrected chi connectivity index (χ1v) is 8.25. The summed E-state index contributed by atoms with van der Waals surface area (Å²) in [6.45, 7) is 4.08. The number of H-pyrrole nitrogens is 1. The first kappa shape index (κ1) is 19.6. The van der Waals surface area contributed by atoms with Gasteiger partial charge >= 0.3 is 5.69 Å². The number of hydrogen-bond donors (Lipinski definition) is 2. The number of amides is 1. The van der Waals surface area contributed by atoms with Crippen LogP contribution in [0.5, 0.6) is 0 Å². The molecule has 2 atom stereocenters. The van der Waals surface area contributed by atoms with Gasteiger partial charge in [-0.25, -0.2) is 4.79 Å². The van der Waals surface area contributed by atoms with Crippen molar-refractivity contribution in [3.05, 3.63) is 31.0 Å². The molecule has 0 radical (unpaired) electrons. The summed E-state index contributed by atoms with van der Waals surface area (Å²) in [6.07, 6.45) is 0.110. The summed E-state index contributed by atoms with van der Waals surface area (Å²) in [6, 6.07) is -0.963. The maximum absolute atomic E-state index is 12.7. The highest BCUT2D eigenvalue weighted by atomic mass is 16.6. The number of nitro groups is 1. The lowest BCUT2D eigenvalue weighted by Crippen LogP contribution is -2.44. The van der Waals surface area contributed by atoms with Gasteiger partial charge in [0.2, 0.25) is 11.9 Å². The van der Waals surface area contributed by atoms with E-state index in [0.29, 0.717) is 0 Å². The van der Waals surface area contributed by atoms with Crippen LogP contribution in [0.25, 0.3) is 0 Å². The van der Waals surface area contributed by atoms with Crippen LogP contribution in [0, 0.1) is 22.0 Å². The van der Waals surface area contributed by atoms with Gasteiger partial charge < -0.3 is 15.4 Å². The molecule has 144 valence electrons. The number of aromatic nitrogens is 2. The number of anilines is 2. The Morgan fingerprint density at radius 1 is 1.50 bits per heavy atom. The highest BCUT2D eigenvalue weighted by Crippen LogP contribution is 2.36. The Hall–Kier alpha value is -2.69. The Morgan fingerprint density at radius 2 is 2.15 bits per heavy atom. The highest BCUT2D eigenvalue weighted by molar-refractivity contribution is 5.98. The number of nitrogen functional groups attached to an aromatic ring is 1. The van der Waals surface area contributed by atoms with Crippen LogP contribution in [0.15, 0.2) is 9.59 Å². The van der Waals surface area contributed by atoms with Crippen molar-refractivity contribution in [2.24, 2.45) is 11.8 Å². The minimum Gasteiger partial charge on any atom is -0.383 e. The van der Waals surface area contributed by atoms with Crippen molar-refractivity contribution in [3.63, 3.8) is 0 Å². The predicted octanol–water partition coefficient (Wildman–Crippen LogP) is -0.581. The van der Waals surface area contributed by atoms with Crippen molar-refractivity contribution in [1.29, 1.82) is 0 Å². The van der Waals surface area contributed by atoms with E-state index >= 15 is 0 Å². The Balaban J connectivity index is 2.48. The van der Waals surface area contributed by atoms with Gasteiger partial charge in [-0.05, 0) is 5.92 Å². The van der Waals surface area contributed by atoms with Gasteiger partial charge in [0, 0.05) is 31.5 Å². The van der Waals surface area contributed by atoms with Crippen molar-refractivity contribution in [2.45, 2.75) is 32.9 Å². The summed E-state index contributed by atoms with van der Waals surface area (Å²) in [5.74, 6) is -1.46. The average molecular weight is 369 g/mol. The van der Waals surface area contributed by atoms with Gasteiger partial charge in [-0.1, -0.05) is 13.8 Å². The largest absolute Gasteiger partial charge is 0.383 e. The van der Waals surface area contributed by atoms with E-state index in [1.54, 1.807) is 0 Å². The predicted molar refractivity (Wildman–Crippen MR) is 93.7 cm³/mol. The number of aromatic amines is 1. The molecule has 0 saturated heterocycles. The Kier molecular flexibility index (Phi) is 5.80. The molecule has 1 aromatic rings. The molecule has 11 heteroatoms. The third-order valence-electron chi connectivity index (χ3n) is 4.16. The molecule has 26 heavy (non-hydrogen) atoms. The Morgan fingerprint density at radius 3 is 2.65 bits per heavy atom. The molecule has 1 fully saturated rings. The average Bonchev–Trinajstić information content (AvgIpc) is 3.34. The van der Waals surface area contributed by atoms with Crippen LogP contribution in [0.3, 0.4) is 0 Å². The molecule has 0 bridgehead atoms. The van der Waals surface area contributed by atoms with Gasteiger partial charge in [-0.3, -0.25) is 29.3 Å². The van der Waals surface area contributed by atoms with E-state index < -0.39 is 34.0 Å². The molecule has 1 saturated carbocycles. The number of carbonyl (C=O) groups is 1. The zero-order chi connectivity index (χ0) is 19.6. The van der Waals surface area contributed by atoms with Crippen LogP contribution >= 0.6 is 0 Å². The molecule has 2 unspecified atom stereocenters. The minimum absolute atomic E-state index is 0.0105. The van der Waals surface area contributed by atoms with E-state index in [9.17, 15) is 24.5 Å². The Labute approximate surface area is 148 Å². The lowest BCUT2D eigenvalue weighted by atomic mass is 10.2. The van der Waals surface area contributed by atoms with Crippen molar-refractivity contribution >= 4 is 17.4 Å². The second-order valence-electron chi connectivity index (χ2n) is 6.68. The standard InChI is InChI=1S/C15H23N5O6/c1-8(2)7-19-12(16)11(13(21)17-15(19)23)18(4-5-26-3)14(22)9-6-10(9)20(24)25/h8-10H,4-7,16H2,1-3H3,(H,17,21,23). The molecule has 11 nitrogen and oxygen atoms in total. The van der Waals surface area contributed by atoms with E-state index in [2.05, 4.69) is 4.98 Å². The number of nitrogens with two attached hydrogens (primary N) is 1. The maximum atomic E-state index is 12.7. The summed E-state index contributed by atoms with van der Waals surface area (Å²) in [5, 5.41) is 10.9. The minimum atomic E-state index is -0.963. The van der Waals surface area contributed by atoms with E-state index in [-0.39, 0.29) is 43.5 Å². The number of carbonyl (C=O) groups excluding carboxylic acids is 1. The first-order chi connectivity index (χ1) is 12.2. The molecular weight excluding hydrogens is 346 g/mol. The van der Waals surface area contributed by atoms with Gasteiger partial charge in [-0.15, -0.1) is 0 Å². The highest BCUT2D eigenvalue weighted by Gasteiger charge is 2.55. The molecule has 1 aliphatic rings. The number of methoxy groups -OCH3 is 1. The van der Waals surface area contributed by atoms with Crippen molar-refractivity contribution in [1.82, 2.24) is 9.55 Å². The molecular formula is C15H23N5O6. The van der Waals surface area contributed by atoms with E-state index in [4.69, 9.17) is 10.5 Å². The fourth-order valence-electron chi connectivity index (χ4n) is 2.78. The second-order valence-corrected chi connectivity index (χ2v) is 6.68. The quantitative estimate of drug-likeness (QED) is 0.459. The van der Waals surface area contributed by atoms with E-state index in [0.717, 1.165) is 4.90 Å².